The molecule has 0 radical (unpaired) electrons. The average molecular weight is 580 g/mol. The molecule has 1 aliphatic heterocycles. The number of pyridine rings is 2. The number of nitrogens with one attached hydrogen (secondary N) is 1. The number of likely N-dealkylation sites (N-methyl/N-ethyl adjacent to an activating group) is 1. The summed E-state index contributed by atoms with van der Waals surface area (Å²) in [7, 11) is 1.87. The Labute approximate surface area is 250 Å². The molecule has 9 nitrogen and oxygen atoms in total. The van der Waals surface area contributed by atoms with Crippen LogP contribution in [0.3, 0.4) is 0 Å². The van der Waals surface area contributed by atoms with Crippen LogP contribution >= 0.6 is 0 Å². The number of Topliss-reactive ketones (excluding diaryl/α,β-unsaturated/α-hetero) is 1. The summed E-state index contributed by atoms with van der Waals surface area (Å²) in [6.45, 7) is 7.48. The summed E-state index contributed by atoms with van der Waals surface area (Å²) >= 11 is 0. The van der Waals surface area contributed by atoms with E-state index in [9.17, 15) is 9.18 Å². The van der Waals surface area contributed by atoms with Gasteiger partial charge >= 0.3 is 0 Å². The summed E-state index contributed by atoms with van der Waals surface area (Å²) < 4.78 is 22.8. The molecule has 2 aromatic carbocycles. The van der Waals surface area contributed by atoms with E-state index in [0.717, 1.165) is 49.4 Å². The molecule has 1 saturated heterocycles. The fourth-order valence-corrected chi connectivity index (χ4v) is 5.34. The number of piperazine rings is 1. The number of ketones is 1. The zero-order valence-electron chi connectivity index (χ0n) is 24.3. The third-order valence-electron chi connectivity index (χ3n) is 7.79. The number of fused-ring (bicyclic) bond motifs is 1. The summed E-state index contributed by atoms with van der Waals surface area (Å²) in [4.78, 5) is 30.5. The number of hydrogen-bond donors (Lipinski definition) is 1. The Morgan fingerprint density at radius 2 is 1.67 bits per heavy atom. The standard InChI is InChI=1S/C33H34FN7O2/c1-3-40-14-16-41(17-15-40)22-26(42)19-25-20-28(10-13-36-25)43-27-5-7-32-31(21-27)38-33(39(32)2)37-30-18-24(4-6-29(30)34)23-8-11-35-12-9-23/h4-13,18,20-21H,3,14-17,19,22H2,1-2H3,(H,37,38). The van der Waals surface area contributed by atoms with Gasteiger partial charge in [0.25, 0.3) is 0 Å². The van der Waals surface area contributed by atoms with E-state index in [1.165, 1.54) is 6.07 Å². The van der Waals surface area contributed by atoms with Gasteiger partial charge in [-0.2, -0.15) is 0 Å². The van der Waals surface area contributed by atoms with Crippen LogP contribution in [0.25, 0.3) is 22.2 Å². The summed E-state index contributed by atoms with van der Waals surface area (Å²) in [5.41, 5.74) is 4.37. The molecule has 10 heteroatoms. The second kappa shape index (κ2) is 12.7. The lowest BCUT2D eigenvalue weighted by atomic mass is 10.1. The first-order chi connectivity index (χ1) is 20.9. The molecule has 1 aliphatic rings. The molecule has 6 rings (SSSR count). The molecule has 5 aromatic rings. The topological polar surface area (TPSA) is 88.4 Å². The Kier molecular flexibility index (Phi) is 8.39. The Bertz CT molecular complexity index is 1730. The zero-order chi connectivity index (χ0) is 29.8. The summed E-state index contributed by atoms with van der Waals surface area (Å²) in [6.07, 6.45) is 5.34. The van der Waals surface area contributed by atoms with Crippen molar-refractivity contribution in [3.8, 4) is 22.6 Å². The van der Waals surface area contributed by atoms with Gasteiger partial charge in [-0.05, 0) is 60.1 Å². The number of carbonyl (C=O) groups excluding carboxylic acids is 1. The lowest BCUT2D eigenvalue weighted by molar-refractivity contribution is -0.120. The highest BCUT2D eigenvalue weighted by Gasteiger charge is 2.18. The first-order valence-electron chi connectivity index (χ1n) is 14.5. The van der Waals surface area contributed by atoms with E-state index in [4.69, 9.17) is 9.72 Å². The van der Waals surface area contributed by atoms with Crippen molar-refractivity contribution >= 4 is 28.5 Å². The monoisotopic (exact) mass is 579 g/mol. The molecule has 0 atom stereocenters. The number of rotatable bonds is 10. The maximum absolute atomic E-state index is 14.8. The van der Waals surface area contributed by atoms with Gasteiger partial charge in [-0.3, -0.25) is 19.7 Å². The number of ether oxygens (including phenoxy) is 1. The molecule has 0 bridgehead atoms. The minimum Gasteiger partial charge on any atom is -0.457 e. The van der Waals surface area contributed by atoms with Crippen LogP contribution in [0, 0.1) is 5.82 Å². The van der Waals surface area contributed by atoms with Gasteiger partial charge in [0, 0.05) is 63.9 Å². The van der Waals surface area contributed by atoms with Crippen LogP contribution in [0.1, 0.15) is 12.6 Å². The largest absolute Gasteiger partial charge is 0.457 e. The van der Waals surface area contributed by atoms with Crippen LogP contribution < -0.4 is 10.1 Å². The van der Waals surface area contributed by atoms with Gasteiger partial charge in [0.15, 0.2) is 5.78 Å². The molecule has 4 heterocycles. The van der Waals surface area contributed by atoms with Gasteiger partial charge in [-0.1, -0.05) is 13.0 Å². The number of halogens is 1. The molecule has 43 heavy (non-hydrogen) atoms. The molecule has 0 spiro atoms. The summed E-state index contributed by atoms with van der Waals surface area (Å²) in [5, 5.41) is 3.14. The minimum atomic E-state index is -0.375. The van der Waals surface area contributed by atoms with Crippen LogP contribution in [0.5, 0.6) is 11.5 Å². The first-order valence-corrected chi connectivity index (χ1v) is 14.5. The quantitative estimate of drug-likeness (QED) is 0.234. The minimum absolute atomic E-state index is 0.146. The second-order valence-corrected chi connectivity index (χ2v) is 10.7. The van der Waals surface area contributed by atoms with Crippen molar-refractivity contribution in [1.29, 1.82) is 0 Å². The predicted molar refractivity (Wildman–Crippen MR) is 165 cm³/mol. The van der Waals surface area contributed by atoms with E-state index in [1.807, 2.05) is 41.9 Å². The average Bonchev–Trinajstić information content (AvgIpc) is 3.33. The number of benzene rings is 2. The Morgan fingerprint density at radius 3 is 2.47 bits per heavy atom. The van der Waals surface area contributed by atoms with Gasteiger partial charge in [0.05, 0.1) is 35.4 Å². The van der Waals surface area contributed by atoms with Crippen molar-refractivity contribution in [3.63, 3.8) is 0 Å². The molecular formula is C33H34FN7O2. The number of aromatic nitrogens is 4. The van der Waals surface area contributed by atoms with E-state index in [-0.39, 0.29) is 18.0 Å². The van der Waals surface area contributed by atoms with Crippen LogP contribution in [-0.2, 0) is 18.3 Å². The van der Waals surface area contributed by atoms with Crippen molar-refractivity contribution in [1.82, 2.24) is 29.3 Å². The third-order valence-corrected chi connectivity index (χ3v) is 7.79. The molecular weight excluding hydrogens is 545 g/mol. The van der Waals surface area contributed by atoms with Crippen LogP contribution in [0.2, 0.25) is 0 Å². The van der Waals surface area contributed by atoms with Gasteiger partial charge < -0.3 is 19.5 Å². The zero-order valence-corrected chi connectivity index (χ0v) is 24.3. The molecule has 3 aromatic heterocycles. The Balaban J connectivity index is 1.13. The van der Waals surface area contributed by atoms with Crippen molar-refractivity contribution < 1.29 is 13.9 Å². The molecule has 220 valence electrons. The van der Waals surface area contributed by atoms with Crippen molar-refractivity contribution in [2.45, 2.75) is 13.3 Å². The fraction of sp³-hybridized carbons (Fsp3) is 0.273. The highest BCUT2D eigenvalue weighted by molar-refractivity contribution is 5.83. The van der Waals surface area contributed by atoms with E-state index in [2.05, 4.69) is 32.0 Å². The second-order valence-electron chi connectivity index (χ2n) is 10.7. The Hall–Kier alpha value is -4.67. The number of hydrogen-bond acceptors (Lipinski definition) is 8. The molecule has 0 aliphatic carbocycles. The SMILES string of the molecule is CCN1CCN(CC(=O)Cc2cc(Oc3ccc4c(c3)nc(Nc3cc(-c5ccncc5)ccc3F)n4C)ccn2)CC1. The lowest BCUT2D eigenvalue weighted by Crippen LogP contribution is -2.47. The van der Waals surface area contributed by atoms with Gasteiger partial charge in [-0.15, -0.1) is 0 Å². The normalized spacial score (nSPS) is 14.2. The van der Waals surface area contributed by atoms with Crippen LogP contribution in [-0.4, -0.2) is 74.4 Å². The van der Waals surface area contributed by atoms with E-state index < -0.39 is 0 Å². The smallest absolute Gasteiger partial charge is 0.208 e. The van der Waals surface area contributed by atoms with Crippen LogP contribution in [0.4, 0.5) is 16.0 Å². The Morgan fingerprint density at radius 1 is 0.907 bits per heavy atom. The van der Waals surface area contributed by atoms with Crippen molar-refractivity contribution in [3.05, 3.63) is 90.8 Å². The number of aryl methyl sites for hydroxylation is 1. The highest BCUT2D eigenvalue weighted by atomic mass is 19.1. The maximum Gasteiger partial charge on any atom is 0.208 e. The fourth-order valence-electron chi connectivity index (χ4n) is 5.34. The lowest BCUT2D eigenvalue weighted by Gasteiger charge is -2.33. The number of imidazole rings is 1. The predicted octanol–water partition coefficient (Wildman–Crippen LogP) is 5.45. The summed E-state index contributed by atoms with van der Waals surface area (Å²) in [5.74, 6) is 1.46. The third kappa shape index (κ3) is 6.71. The number of anilines is 2. The van der Waals surface area contributed by atoms with Gasteiger partial charge in [0.1, 0.15) is 17.3 Å². The molecule has 0 amide bonds. The molecule has 0 saturated carbocycles. The molecule has 0 unspecified atom stereocenters. The number of carbonyl (C=O) groups is 1. The van der Waals surface area contributed by atoms with Crippen molar-refractivity contribution in [2.75, 3.05) is 44.6 Å². The van der Waals surface area contributed by atoms with E-state index in [1.54, 1.807) is 42.9 Å². The number of nitrogens with zero attached hydrogens (tertiary/aromatic N) is 6. The molecule has 1 N–H and O–H groups in total. The first kappa shape index (κ1) is 28.4. The van der Waals surface area contributed by atoms with E-state index >= 15 is 0 Å². The van der Waals surface area contributed by atoms with Gasteiger partial charge in [0.2, 0.25) is 5.95 Å². The maximum atomic E-state index is 14.8. The van der Waals surface area contributed by atoms with Crippen LogP contribution in [0.15, 0.2) is 79.3 Å². The van der Waals surface area contributed by atoms with Gasteiger partial charge in [-0.25, -0.2) is 9.37 Å². The molecule has 1 fully saturated rings. The summed E-state index contributed by atoms with van der Waals surface area (Å²) in [6, 6.07) is 17.9. The highest BCUT2D eigenvalue weighted by Crippen LogP contribution is 2.30. The van der Waals surface area contributed by atoms with Crippen molar-refractivity contribution in [2.24, 2.45) is 7.05 Å². The van der Waals surface area contributed by atoms with E-state index in [0.29, 0.717) is 40.9 Å².